The van der Waals surface area contributed by atoms with Crippen LogP contribution in [-0.4, -0.2) is 18.0 Å². The van der Waals surface area contributed by atoms with Gasteiger partial charge in [0.1, 0.15) is 17.4 Å². The van der Waals surface area contributed by atoms with Crippen LogP contribution in [0.25, 0.3) is 6.08 Å². The molecular formula is C25H21N3OS2. The second-order valence-corrected chi connectivity index (χ2v) is 9.57. The van der Waals surface area contributed by atoms with Crippen molar-refractivity contribution in [3.63, 3.8) is 0 Å². The van der Waals surface area contributed by atoms with Crippen LogP contribution in [0.2, 0.25) is 0 Å². The van der Waals surface area contributed by atoms with Gasteiger partial charge in [-0.2, -0.15) is 5.26 Å². The van der Waals surface area contributed by atoms with Crippen LogP contribution in [0.4, 0.5) is 0 Å². The Balaban J connectivity index is 1.60. The van der Waals surface area contributed by atoms with Crippen molar-refractivity contribution in [1.82, 2.24) is 4.90 Å². The van der Waals surface area contributed by atoms with Crippen molar-refractivity contribution in [2.24, 2.45) is 5.73 Å². The Labute approximate surface area is 189 Å². The summed E-state index contributed by atoms with van der Waals surface area (Å²) in [4.78, 5) is 4.70. The summed E-state index contributed by atoms with van der Waals surface area (Å²) in [6, 6.07) is 21.1. The zero-order valence-electron chi connectivity index (χ0n) is 16.8. The maximum absolute atomic E-state index is 9.88. The first-order valence-electron chi connectivity index (χ1n) is 10.1. The normalized spacial score (nSPS) is 20.5. The van der Waals surface area contributed by atoms with Gasteiger partial charge in [0.25, 0.3) is 0 Å². The number of benzene rings is 1. The Bertz CT molecular complexity index is 1200. The molecule has 6 heteroatoms. The highest BCUT2D eigenvalue weighted by Gasteiger charge is 2.38. The van der Waals surface area contributed by atoms with Gasteiger partial charge in [0.15, 0.2) is 0 Å². The van der Waals surface area contributed by atoms with Crippen LogP contribution >= 0.6 is 22.7 Å². The van der Waals surface area contributed by atoms with Crippen LogP contribution in [0.3, 0.4) is 0 Å². The summed E-state index contributed by atoms with van der Waals surface area (Å²) in [6.07, 6.45) is 2.19. The number of nitrogens with zero attached hydrogens (tertiary/aromatic N) is 2. The van der Waals surface area contributed by atoms with Crippen molar-refractivity contribution in [2.75, 3.05) is 13.1 Å². The van der Waals surface area contributed by atoms with Gasteiger partial charge >= 0.3 is 0 Å². The highest BCUT2D eigenvalue weighted by molar-refractivity contribution is 7.10. The number of hydrogen-bond acceptors (Lipinski definition) is 6. The van der Waals surface area contributed by atoms with E-state index in [9.17, 15) is 5.26 Å². The smallest absolute Gasteiger partial charge is 0.205 e. The summed E-state index contributed by atoms with van der Waals surface area (Å²) in [7, 11) is 0. The maximum Gasteiger partial charge on any atom is 0.205 e. The fraction of sp³-hybridized carbons (Fsp3) is 0.160. The van der Waals surface area contributed by atoms with E-state index >= 15 is 0 Å². The van der Waals surface area contributed by atoms with Crippen molar-refractivity contribution in [3.05, 3.63) is 109 Å². The molecule has 5 rings (SSSR count). The van der Waals surface area contributed by atoms with Gasteiger partial charge in [-0.3, -0.25) is 4.90 Å². The number of ether oxygens (including phenoxy) is 1. The number of hydrogen-bond donors (Lipinski definition) is 1. The summed E-state index contributed by atoms with van der Waals surface area (Å²) in [5.74, 6) is 0.875. The molecule has 0 bridgehead atoms. The van der Waals surface area contributed by atoms with E-state index in [4.69, 9.17) is 10.5 Å². The molecule has 4 heterocycles. The summed E-state index contributed by atoms with van der Waals surface area (Å²) < 4.78 is 6.11. The minimum atomic E-state index is -0.168. The van der Waals surface area contributed by atoms with E-state index in [0.717, 1.165) is 41.4 Å². The zero-order valence-corrected chi connectivity index (χ0v) is 18.5. The molecule has 2 N–H and O–H groups in total. The molecule has 1 atom stereocenters. The molecule has 0 saturated carbocycles. The van der Waals surface area contributed by atoms with Crippen molar-refractivity contribution >= 4 is 28.7 Å². The Kier molecular flexibility index (Phi) is 5.47. The lowest BCUT2D eigenvalue weighted by Gasteiger charge is -2.38. The van der Waals surface area contributed by atoms with Crippen LogP contribution in [0, 0.1) is 11.3 Å². The molecule has 0 amide bonds. The molecule has 0 aliphatic carbocycles. The number of thiophene rings is 2. The van der Waals surface area contributed by atoms with Crippen molar-refractivity contribution < 1.29 is 4.74 Å². The second kappa shape index (κ2) is 8.56. The first-order chi connectivity index (χ1) is 15.2. The molecule has 0 fully saturated rings. The number of nitrogens with two attached hydrogens (primary N) is 1. The van der Waals surface area contributed by atoms with E-state index in [1.807, 2.05) is 17.5 Å². The first kappa shape index (κ1) is 19.8. The fourth-order valence-corrected chi connectivity index (χ4v) is 5.77. The average molecular weight is 444 g/mol. The molecule has 0 spiro atoms. The SMILES string of the molecule is N#CC1=C(N)OC2=C(CN(Cc3ccccc3)CC2=Cc2cccs2)C1c1cccs1. The number of nitriles is 1. The van der Waals surface area contributed by atoms with Crippen molar-refractivity contribution in [3.8, 4) is 6.07 Å². The second-order valence-electron chi connectivity index (χ2n) is 7.61. The van der Waals surface area contributed by atoms with Gasteiger partial charge in [-0.25, -0.2) is 0 Å². The molecule has 1 aromatic carbocycles. The van der Waals surface area contributed by atoms with Gasteiger partial charge in [-0.05, 0) is 34.5 Å². The van der Waals surface area contributed by atoms with Crippen molar-refractivity contribution in [2.45, 2.75) is 12.5 Å². The first-order valence-corrected chi connectivity index (χ1v) is 11.8. The van der Waals surface area contributed by atoms with Crippen LogP contribution in [-0.2, 0) is 11.3 Å². The van der Waals surface area contributed by atoms with E-state index in [1.165, 1.54) is 10.4 Å². The minimum absolute atomic E-state index is 0.168. The molecule has 31 heavy (non-hydrogen) atoms. The number of allylic oxidation sites excluding steroid dienone is 1. The summed E-state index contributed by atoms with van der Waals surface area (Å²) in [6.45, 7) is 2.32. The highest BCUT2D eigenvalue weighted by Crippen LogP contribution is 2.45. The standard InChI is InChI=1S/C25H21N3OS2/c26-13-20-23(22-9-5-11-31-22)21-16-28(14-17-6-2-1-3-7-17)15-18(24(21)29-25(20)27)12-19-8-4-10-30-19/h1-12,23H,14-16,27H2. The molecule has 2 aliphatic rings. The third-order valence-electron chi connectivity index (χ3n) is 5.54. The summed E-state index contributed by atoms with van der Waals surface area (Å²) in [5.41, 5.74) is 10.2. The Morgan fingerprint density at radius 1 is 1.06 bits per heavy atom. The van der Waals surface area contributed by atoms with Gasteiger partial charge < -0.3 is 10.5 Å². The van der Waals surface area contributed by atoms with E-state index < -0.39 is 0 Å². The van der Waals surface area contributed by atoms with Crippen LogP contribution in [0.5, 0.6) is 0 Å². The molecular weight excluding hydrogens is 422 g/mol. The lowest BCUT2D eigenvalue weighted by atomic mass is 9.83. The van der Waals surface area contributed by atoms with Crippen LogP contribution in [0.1, 0.15) is 21.2 Å². The topological polar surface area (TPSA) is 62.3 Å². The lowest BCUT2D eigenvalue weighted by molar-refractivity contribution is 0.230. The average Bonchev–Trinajstić information content (AvgIpc) is 3.48. The monoisotopic (exact) mass is 443 g/mol. The molecule has 0 radical (unpaired) electrons. The third kappa shape index (κ3) is 3.96. The van der Waals surface area contributed by atoms with Gasteiger partial charge in [0.2, 0.25) is 5.88 Å². The third-order valence-corrected chi connectivity index (χ3v) is 7.30. The van der Waals surface area contributed by atoms with E-state index in [1.54, 1.807) is 22.7 Å². The van der Waals surface area contributed by atoms with Crippen LogP contribution in [0.15, 0.2) is 93.7 Å². The maximum atomic E-state index is 9.88. The Morgan fingerprint density at radius 2 is 1.87 bits per heavy atom. The summed E-state index contributed by atoms with van der Waals surface area (Å²) in [5, 5.41) is 14.0. The van der Waals surface area contributed by atoms with Gasteiger partial charge in [-0.1, -0.05) is 42.5 Å². The largest absolute Gasteiger partial charge is 0.440 e. The molecule has 0 saturated heterocycles. The van der Waals surface area contributed by atoms with Gasteiger partial charge in [0, 0.05) is 40.5 Å². The molecule has 3 aromatic rings. The van der Waals surface area contributed by atoms with E-state index in [2.05, 4.69) is 64.9 Å². The predicted octanol–water partition coefficient (Wildman–Crippen LogP) is 5.47. The van der Waals surface area contributed by atoms with Crippen LogP contribution < -0.4 is 5.73 Å². The lowest BCUT2D eigenvalue weighted by Crippen LogP contribution is -2.37. The van der Waals surface area contributed by atoms with E-state index in [-0.39, 0.29) is 11.8 Å². The molecule has 4 nitrogen and oxygen atoms in total. The molecule has 1 unspecified atom stereocenters. The quantitative estimate of drug-likeness (QED) is 0.581. The molecule has 2 aromatic heterocycles. The molecule has 2 aliphatic heterocycles. The number of rotatable bonds is 4. The predicted molar refractivity (Wildman–Crippen MR) is 126 cm³/mol. The zero-order chi connectivity index (χ0) is 21.2. The van der Waals surface area contributed by atoms with E-state index in [0.29, 0.717) is 5.57 Å². The summed E-state index contributed by atoms with van der Waals surface area (Å²) >= 11 is 3.35. The Hall–Kier alpha value is -3.11. The fourth-order valence-electron chi connectivity index (χ4n) is 4.22. The Morgan fingerprint density at radius 3 is 2.58 bits per heavy atom. The minimum Gasteiger partial charge on any atom is -0.440 e. The van der Waals surface area contributed by atoms with Crippen molar-refractivity contribution in [1.29, 1.82) is 5.26 Å². The van der Waals surface area contributed by atoms with Gasteiger partial charge in [0.05, 0.1) is 5.92 Å². The molecule has 154 valence electrons. The van der Waals surface area contributed by atoms with Gasteiger partial charge in [-0.15, -0.1) is 22.7 Å². The highest BCUT2D eigenvalue weighted by atomic mass is 32.1.